The SMILES string of the molecule is CN(CC(=O)Nc1ccc(N2CCOCC2)cc1)C(=O)CSc1cccc2cccc(Cl)c12. The number of morpholine rings is 1. The standard InChI is InChI=1S/C25H26ClN3O3S/c1-28(24(31)17-33-22-7-3-5-18-4-2-6-21(26)25(18)22)16-23(30)27-19-8-10-20(11-9-19)29-12-14-32-15-13-29/h2-11H,12-17H2,1H3,(H,27,30). The molecule has 0 unspecified atom stereocenters. The van der Waals surface area contributed by atoms with E-state index in [-0.39, 0.29) is 24.1 Å². The summed E-state index contributed by atoms with van der Waals surface area (Å²) in [6, 6.07) is 19.4. The number of fused-ring (bicyclic) bond motifs is 1. The number of nitrogens with zero attached hydrogens (tertiary/aromatic N) is 2. The van der Waals surface area contributed by atoms with Gasteiger partial charge < -0.3 is 19.9 Å². The van der Waals surface area contributed by atoms with Crippen LogP contribution in [0.1, 0.15) is 0 Å². The number of carbonyl (C=O) groups excluding carboxylic acids is 2. The van der Waals surface area contributed by atoms with Crippen molar-refractivity contribution in [1.29, 1.82) is 0 Å². The number of thioether (sulfide) groups is 1. The van der Waals surface area contributed by atoms with Crippen molar-refractivity contribution in [3.8, 4) is 0 Å². The molecule has 1 N–H and O–H groups in total. The third-order valence-corrected chi connectivity index (χ3v) is 6.86. The minimum atomic E-state index is -0.233. The Kier molecular flexibility index (Phi) is 7.75. The zero-order valence-corrected chi connectivity index (χ0v) is 20.0. The zero-order chi connectivity index (χ0) is 23.2. The molecule has 1 aliphatic heterocycles. The number of rotatable bonds is 7. The molecular formula is C25H26ClN3O3S. The Morgan fingerprint density at radius 2 is 1.76 bits per heavy atom. The average molecular weight is 484 g/mol. The maximum Gasteiger partial charge on any atom is 0.243 e. The minimum Gasteiger partial charge on any atom is -0.378 e. The first kappa shape index (κ1) is 23.4. The van der Waals surface area contributed by atoms with Crippen LogP contribution in [0.2, 0.25) is 5.02 Å². The predicted molar refractivity (Wildman–Crippen MR) is 135 cm³/mol. The molecule has 0 atom stereocenters. The molecule has 3 aromatic carbocycles. The van der Waals surface area contributed by atoms with Crippen LogP contribution in [0.3, 0.4) is 0 Å². The Morgan fingerprint density at radius 1 is 1.06 bits per heavy atom. The monoisotopic (exact) mass is 483 g/mol. The third-order valence-electron chi connectivity index (χ3n) is 5.50. The average Bonchev–Trinajstić information content (AvgIpc) is 2.83. The number of likely N-dealkylation sites (N-methyl/N-ethyl adjacent to an activating group) is 1. The molecule has 0 aromatic heterocycles. The van der Waals surface area contributed by atoms with Crippen LogP contribution in [0.5, 0.6) is 0 Å². The second-order valence-corrected chi connectivity index (χ2v) is 9.25. The molecule has 1 saturated heterocycles. The molecule has 33 heavy (non-hydrogen) atoms. The number of anilines is 2. The number of ether oxygens (including phenoxy) is 1. The summed E-state index contributed by atoms with van der Waals surface area (Å²) < 4.78 is 5.38. The molecule has 1 fully saturated rings. The van der Waals surface area contributed by atoms with Gasteiger partial charge in [-0.3, -0.25) is 9.59 Å². The van der Waals surface area contributed by atoms with E-state index in [1.807, 2.05) is 60.7 Å². The number of halogens is 1. The minimum absolute atomic E-state index is 0.0130. The van der Waals surface area contributed by atoms with Gasteiger partial charge in [-0.2, -0.15) is 0 Å². The topological polar surface area (TPSA) is 61.9 Å². The van der Waals surface area contributed by atoms with Gasteiger partial charge in [0.05, 0.1) is 25.5 Å². The van der Waals surface area contributed by atoms with Crippen LogP contribution in [-0.2, 0) is 14.3 Å². The van der Waals surface area contributed by atoms with E-state index >= 15 is 0 Å². The van der Waals surface area contributed by atoms with Crippen molar-refractivity contribution < 1.29 is 14.3 Å². The van der Waals surface area contributed by atoms with Crippen LogP contribution < -0.4 is 10.2 Å². The Labute approximate surface area is 202 Å². The van der Waals surface area contributed by atoms with E-state index < -0.39 is 0 Å². The summed E-state index contributed by atoms with van der Waals surface area (Å²) in [5.41, 5.74) is 1.81. The number of amides is 2. The van der Waals surface area contributed by atoms with Gasteiger partial charge in [-0.15, -0.1) is 11.8 Å². The van der Waals surface area contributed by atoms with Crippen molar-refractivity contribution >= 4 is 57.3 Å². The van der Waals surface area contributed by atoms with Crippen molar-refractivity contribution in [1.82, 2.24) is 4.90 Å². The van der Waals surface area contributed by atoms with E-state index in [2.05, 4.69) is 10.2 Å². The Balaban J connectivity index is 1.29. The third kappa shape index (κ3) is 5.99. The van der Waals surface area contributed by atoms with Gasteiger partial charge in [0.1, 0.15) is 0 Å². The summed E-state index contributed by atoms with van der Waals surface area (Å²) in [6.45, 7) is 3.17. The van der Waals surface area contributed by atoms with E-state index in [0.29, 0.717) is 10.7 Å². The van der Waals surface area contributed by atoms with Crippen LogP contribution in [0.25, 0.3) is 10.8 Å². The van der Waals surface area contributed by atoms with Crippen LogP contribution in [-0.4, -0.2) is 62.4 Å². The maximum absolute atomic E-state index is 12.6. The van der Waals surface area contributed by atoms with E-state index in [4.69, 9.17) is 16.3 Å². The Bertz CT molecular complexity index is 1130. The molecule has 2 amide bonds. The molecule has 4 rings (SSSR count). The number of nitrogens with one attached hydrogen (secondary N) is 1. The molecule has 1 heterocycles. The molecule has 8 heteroatoms. The number of benzene rings is 3. The fourth-order valence-corrected chi connectivity index (χ4v) is 5.10. The van der Waals surface area contributed by atoms with Crippen molar-refractivity contribution in [3.05, 3.63) is 65.7 Å². The molecule has 0 saturated carbocycles. The zero-order valence-electron chi connectivity index (χ0n) is 18.4. The van der Waals surface area contributed by atoms with Crippen LogP contribution in [0.15, 0.2) is 65.6 Å². The fraction of sp³-hybridized carbons (Fsp3) is 0.280. The molecule has 3 aromatic rings. The van der Waals surface area contributed by atoms with Crippen LogP contribution in [0, 0.1) is 0 Å². The normalized spacial score (nSPS) is 13.7. The highest BCUT2D eigenvalue weighted by Gasteiger charge is 2.15. The van der Waals surface area contributed by atoms with E-state index in [0.717, 1.165) is 47.7 Å². The van der Waals surface area contributed by atoms with Gasteiger partial charge >= 0.3 is 0 Å². The summed E-state index contributed by atoms with van der Waals surface area (Å²) in [7, 11) is 1.64. The Morgan fingerprint density at radius 3 is 2.48 bits per heavy atom. The van der Waals surface area contributed by atoms with Gasteiger partial charge in [0.25, 0.3) is 0 Å². The number of hydrogen-bond acceptors (Lipinski definition) is 5. The lowest BCUT2D eigenvalue weighted by atomic mass is 10.1. The highest BCUT2D eigenvalue weighted by Crippen LogP contribution is 2.33. The van der Waals surface area contributed by atoms with Crippen molar-refractivity contribution in [2.45, 2.75) is 4.90 Å². The Hall–Kier alpha value is -2.74. The molecule has 0 spiro atoms. The van der Waals surface area contributed by atoms with E-state index in [1.165, 1.54) is 16.7 Å². The van der Waals surface area contributed by atoms with Gasteiger partial charge in [-0.25, -0.2) is 0 Å². The molecule has 1 aliphatic rings. The first-order valence-electron chi connectivity index (χ1n) is 10.8. The number of hydrogen-bond donors (Lipinski definition) is 1. The van der Waals surface area contributed by atoms with Crippen LogP contribution >= 0.6 is 23.4 Å². The molecule has 0 bridgehead atoms. The number of carbonyl (C=O) groups is 2. The van der Waals surface area contributed by atoms with Gasteiger partial charge in [-0.05, 0) is 41.8 Å². The molecule has 0 radical (unpaired) electrons. The molecule has 172 valence electrons. The lowest BCUT2D eigenvalue weighted by molar-refractivity contribution is -0.131. The molecular weight excluding hydrogens is 458 g/mol. The van der Waals surface area contributed by atoms with E-state index in [1.54, 1.807) is 7.05 Å². The molecule has 6 nitrogen and oxygen atoms in total. The highest BCUT2D eigenvalue weighted by atomic mass is 35.5. The van der Waals surface area contributed by atoms with Gasteiger partial charge in [0.15, 0.2) is 0 Å². The first-order valence-corrected chi connectivity index (χ1v) is 12.1. The van der Waals surface area contributed by atoms with E-state index in [9.17, 15) is 9.59 Å². The van der Waals surface area contributed by atoms with Crippen molar-refractivity contribution in [2.24, 2.45) is 0 Å². The quantitative estimate of drug-likeness (QED) is 0.501. The maximum atomic E-state index is 12.6. The van der Waals surface area contributed by atoms with Gasteiger partial charge in [0, 0.05) is 46.8 Å². The summed E-state index contributed by atoms with van der Waals surface area (Å²) >= 11 is 7.80. The van der Waals surface area contributed by atoms with Crippen LogP contribution in [0.4, 0.5) is 11.4 Å². The predicted octanol–water partition coefficient (Wildman–Crippen LogP) is 4.52. The highest BCUT2D eigenvalue weighted by molar-refractivity contribution is 8.00. The summed E-state index contributed by atoms with van der Waals surface area (Å²) in [4.78, 5) is 29.7. The summed E-state index contributed by atoms with van der Waals surface area (Å²) in [5.74, 6) is -0.132. The fourth-order valence-electron chi connectivity index (χ4n) is 3.71. The lowest BCUT2D eigenvalue weighted by Crippen LogP contribution is -2.36. The largest absolute Gasteiger partial charge is 0.378 e. The van der Waals surface area contributed by atoms with Crippen molar-refractivity contribution in [3.63, 3.8) is 0 Å². The first-order chi connectivity index (χ1) is 16.0. The second kappa shape index (κ2) is 10.9. The lowest BCUT2D eigenvalue weighted by Gasteiger charge is -2.28. The molecule has 0 aliphatic carbocycles. The van der Waals surface area contributed by atoms with Crippen molar-refractivity contribution in [2.75, 3.05) is 55.9 Å². The smallest absolute Gasteiger partial charge is 0.243 e. The second-order valence-electron chi connectivity index (χ2n) is 7.83. The van der Waals surface area contributed by atoms with Gasteiger partial charge in [0.2, 0.25) is 11.8 Å². The summed E-state index contributed by atoms with van der Waals surface area (Å²) in [5, 5.41) is 5.50. The summed E-state index contributed by atoms with van der Waals surface area (Å²) in [6.07, 6.45) is 0. The van der Waals surface area contributed by atoms with Gasteiger partial charge in [-0.1, -0.05) is 35.9 Å².